The second-order valence-electron chi connectivity index (χ2n) is 4.70. The van der Waals surface area contributed by atoms with Gasteiger partial charge in [-0.25, -0.2) is 0 Å². The van der Waals surface area contributed by atoms with E-state index < -0.39 is 11.5 Å². The van der Waals surface area contributed by atoms with Gasteiger partial charge in [0.05, 0.1) is 7.11 Å². The number of rotatable bonds is 2. The van der Waals surface area contributed by atoms with Gasteiger partial charge in [0.25, 0.3) is 5.91 Å². The lowest BCUT2D eigenvalue weighted by Gasteiger charge is -2.24. The summed E-state index contributed by atoms with van der Waals surface area (Å²) < 4.78 is 6.02. The molecule has 0 saturated heterocycles. The summed E-state index contributed by atoms with van der Waals surface area (Å²) in [6.07, 6.45) is 0. The molecule has 0 spiro atoms. The van der Waals surface area contributed by atoms with Crippen molar-refractivity contribution in [2.75, 3.05) is 12.4 Å². The quantitative estimate of drug-likeness (QED) is 0.855. The molecule has 6 heteroatoms. The minimum Gasteiger partial charge on any atom is -0.496 e. The van der Waals surface area contributed by atoms with Crippen LogP contribution in [0.1, 0.15) is 11.1 Å². The second kappa shape index (κ2) is 5.02. The van der Waals surface area contributed by atoms with Gasteiger partial charge in [0.1, 0.15) is 5.75 Å². The number of fused-ring (bicyclic) bond motifs is 1. The topological polar surface area (TPSA) is 58.6 Å². The molecule has 21 heavy (non-hydrogen) atoms. The van der Waals surface area contributed by atoms with Crippen molar-refractivity contribution < 1.29 is 14.6 Å². The van der Waals surface area contributed by atoms with Crippen molar-refractivity contribution in [1.29, 1.82) is 0 Å². The number of hydrogen-bond acceptors (Lipinski definition) is 3. The Balaban J connectivity index is 2.29. The Hall–Kier alpha value is -1.56. The Bertz CT molecular complexity index is 750. The van der Waals surface area contributed by atoms with Crippen molar-refractivity contribution in [3.63, 3.8) is 0 Å². The average molecular weight is 369 g/mol. The second-order valence-corrected chi connectivity index (χ2v) is 6.05. The molecule has 108 valence electrons. The third-order valence-corrected chi connectivity index (χ3v) is 4.23. The highest BCUT2D eigenvalue weighted by molar-refractivity contribution is 9.10. The molecular weight excluding hydrogens is 358 g/mol. The van der Waals surface area contributed by atoms with Crippen molar-refractivity contribution in [3.8, 4) is 5.75 Å². The molecule has 3 rings (SSSR count). The van der Waals surface area contributed by atoms with Crippen molar-refractivity contribution >= 4 is 39.1 Å². The molecule has 4 nitrogen and oxygen atoms in total. The monoisotopic (exact) mass is 367 g/mol. The number of halogens is 2. The van der Waals surface area contributed by atoms with E-state index in [9.17, 15) is 9.90 Å². The summed E-state index contributed by atoms with van der Waals surface area (Å²) in [6, 6.07) is 10.0. The van der Waals surface area contributed by atoms with Crippen molar-refractivity contribution in [3.05, 3.63) is 57.0 Å². The van der Waals surface area contributed by atoms with Gasteiger partial charge in [-0.1, -0.05) is 27.5 Å². The van der Waals surface area contributed by atoms with Crippen LogP contribution in [0.3, 0.4) is 0 Å². The maximum absolute atomic E-state index is 12.4. The molecular formula is C15H11BrClNO3. The number of methoxy groups -OCH3 is 1. The lowest BCUT2D eigenvalue weighted by Crippen LogP contribution is -2.35. The van der Waals surface area contributed by atoms with Gasteiger partial charge in [0.15, 0.2) is 5.60 Å². The first-order valence-electron chi connectivity index (χ1n) is 6.14. The third kappa shape index (κ3) is 2.12. The predicted molar refractivity (Wildman–Crippen MR) is 83.8 cm³/mol. The number of nitrogens with one attached hydrogen (secondary N) is 1. The Kier molecular flexibility index (Phi) is 3.43. The standard InChI is InChI=1S/C15H11BrClNO3/c1-21-13-5-3-9(17)7-11(13)15(20)10-6-8(16)2-4-12(10)18-14(15)19/h2-7,20H,1H3,(H,18,19)/t15-/m1/s1. The summed E-state index contributed by atoms with van der Waals surface area (Å²) in [5.74, 6) is -0.138. The number of amides is 1. The summed E-state index contributed by atoms with van der Waals surface area (Å²) in [5.41, 5.74) is -0.503. The molecule has 0 aromatic heterocycles. The minimum atomic E-state index is -1.84. The van der Waals surface area contributed by atoms with Gasteiger partial charge in [0.2, 0.25) is 0 Å². The number of aliphatic hydroxyl groups is 1. The molecule has 1 atom stereocenters. The number of carbonyl (C=O) groups excluding carboxylic acids is 1. The molecule has 1 heterocycles. The Labute approximate surface area is 134 Å². The molecule has 1 aliphatic heterocycles. The van der Waals surface area contributed by atoms with Gasteiger partial charge in [-0.2, -0.15) is 0 Å². The number of ether oxygens (including phenoxy) is 1. The van der Waals surface area contributed by atoms with E-state index in [1.807, 2.05) is 0 Å². The smallest absolute Gasteiger partial charge is 0.266 e. The molecule has 1 amide bonds. The number of carbonyl (C=O) groups is 1. The summed E-state index contributed by atoms with van der Waals surface area (Å²) in [7, 11) is 1.48. The van der Waals surface area contributed by atoms with Crippen LogP contribution in [0.4, 0.5) is 5.69 Å². The van der Waals surface area contributed by atoms with E-state index in [1.54, 1.807) is 30.3 Å². The van der Waals surface area contributed by atoms with E-state index in [2.05, 4.69) is 21.2 Å². The number of benzene rings is 2. The lowest BCUT2D eigenvalue weighted by molar-refractivity contribution is -0.129. The highest BCUT2D eigenvalue weighted by Gasteiger charge is 2.48. The predicted octanol–water partition coefficient (Wildman–Crippen LogP) is 3.30. The van der Waals surface area contributed by atoms with Crippen LogP contribution in [0, 0.1) is 0 Å². The highest BCUT2D eigenvalue weighted by atomic mass is 79.9. The zero-order chi connectivity index (χ0) is 15.2. The Morgan fingerprint density at radius 2 is 2.00 bits per heavy atom. The summed E-state index contributed by atoms with van der Waals surface area (Å²) >= 11 is 9.36. The molecule has 0 saturated carbocycles. The van der Waals surface area contributed by atoms with Crippen LogP contribution in [0.25, 0.3) is 0 Å². The van der Waals surface area contributed by atoms with Crippen LogP contribution in [0.2, 0.25) is 5.02 Å². The van der Waals surface area contributed by atoms with Crippen LogP contribution in [-0.4, -0.2) is 18.1 Å². The van der Waals surface area contributed by atoms with Crippen LogP contribution in [-0.2, 0) is 10.4 Å². The SMILES string of the molecule is COc1ccc(Cl)cc1[C@@]1(O)C(=O)Nc2ccc(Br)cc21. The van der Waals surface area contributed by atoms with Crippen LogP contribution >= 0.6 is 27.5 Å². The fourth-order valence-corrected chi connectivity index (χ4v) is 3.02. The average Bonchev–Trinajstić information content (AvgIpc) is 2.72. The lowest BCUT2D eigenvalue weighted by atomic mass is 9.87. The summed E-state index contributed by atoms with van der Waals surface area (Å²) in [4.78, 5) is 12.4. The minimum absolute atomic E-state index is 0.312. The fraction of sp³-hybridized carbons (Fsp3) is 0.133. The third-order valence-electron chi connectivity index (χ3n) is 3.50. The normalized spacial score (nSPS) is 20.1. The van der Waals surface area contributed by atoms with E-state index in [-0.39, 0.29) is 0 Å². The van der Waals surface area contributed by atoms with Gasteiger partial charge in [-0.3, -0.25) is 4.79 Å². The van der Waals surface area contributed by atoms with Crippen molar-refractivity contribution in [1.82, 2.24) is 0 Å². The van der Waals surface area contributed by atoms with Crippen molar-refractivity contribution in [2.45, 2.75) is 5.60 Å². The molecule has 0 fully saturated rings. The van der Waals surface area contributed by atoms with Crippen LogP contribution < -0.4 is 10.1 Å². The van der Waals surface area contributed by atoms with Gasteiger partial charge < -0.3 is 15.2 Å². The fourth-order valence-electron chi connectivity index (χ4n) is 2.49. The summed E-state index contributed by atoms with van der Waals surface area (Å²) in [6.45, 7) is 0. The zero-order valence-corrected chi connectivity index (χ0v) is 13.3. The maximum Gasteiger partial charge on any atom is 0.266 e. The molecule has 2 aromatic carbocycles. The largest absolute Gasteiger partial charge is 0.496 e. The van der Waals surface area contributed by atoms with Gasteiger partial charge in [-0.15, -0.1) is 0 Å². The van der Waals surface area contributed by atoms with E-state index in [1.165, 1.54) is 13.2 Å². The Morgan fingerprint density at radius 1 is 1.24 bits per heavy atom. The highest BCUT2D eigenvalue weighted by Crippen LogP contribution is 2.45. The first-order chi connectivity index (χ1) is 9.96. The van der Waals surface area contributed by atoms with Crippen LogP contribution in [0.5, 0.6) is 5.75 Å². The molecule has 0 radical (unpaired) electrons. The van der Waals surface area contributed by atoms with Gasteiger partial charge in [0, 0.05) is 26.3 Å². The maximum atomic E-state index is 12.4. The van der Waals surface area contributed by atoms with Gasteiger partial charge >= 0.3 is 0 Å². The molecule has 1 aliphatic rings. The Morgan fingerprint density at radius 3 is 2.71 bits per heavy atom. The van der Waals surface area contributed by atoms with Crippen molar-refractivity contribution in [2.24, 2.45) is 0 Å². The zero-order valence-electron chi connectivity index (χ0n) is 11.0. The molecule has 0 unspecified atom stereocenters. The van der Waals surface area contributed by atoms with E-state index in [0.717, 1.165) is 4.47 Å². The molecule has 2 N–H and O–H groups in total. The number of hydrogen-bond donors (Lipinski definition) is 2. The molecule has 0 aliphatic carbocycles. The molecule has 0 bridgehead atoms. The van der Waals surface area contributed by atoms with E-state index in [0.29, 0.717) is 27.6 Å². The first kappa shape index (κ1) is 14.4. The number of anilines is 1. The van der Waals surface area contributed by atoms with E-state index in [4.69, 9.17) is 16.3 Å². The van der Waals surface area contributed by atoms with Gasteiger partial charge in [-0.05, 0) is 36.4 Å². The van der Waals surface area contributed by atoms with Crippen LogP contribution in [0.15, 0.2) is 40.9 Å². The first-order valence-corrected chi connectivity index (χ1v) is 7.32. The molecule has 2 aromatic rings. The summed E-state index contributed by atoms with van der Waals surface area (Å²) in [5, 5.41) is 14.2. The van der Waals surface area contributed by atoms with E-state index >= 15 is 0 Å².